The third-order valence-corrected chi connectivity index (χ3v) is 2.70. The fraction of sp³-hybridized carbons (Fsp3) is 0.571. The van der Waals surface area contributed by atoms with E-state index >= 15 is 0 Å². The van der Waals surface area contributed by atoms with Crippen LogP contribution in [-0.2, 0) is 6.61 Å². The molecule has 0 amide bonds. The Labute approximate surface area is 98.7 Å². The summed E-state index contributed by atoms with van der Waals surface area (Å²) in [5.74, 6) is 0.757. The van der Waals surface area contributed by atoms with Gasteiger partial charge in [0.15, 0.2) is 0 Å². The maximum Gasteiger partial charge on any atom is 0.0682 e. The maximum atomic E-state index is 9.04. The van der Waals surface area contributed by atoms with Gasteiger partial charge in [-0.1, -0.05) is 26.0 Å². The van der Waals surface area contributed by atoms with Crippen LogP contribution in [0.3, 0.4) is 0 Å². The van der Waals surface area contributed by atoms with E-state index in [2.05, 4.69) is 26.1 Å². The summed E-state index contributed by atoms with van der Waals surface area (Å²) in [6.07, 6.45) is 2.43. The van der Waals surface area contributed by atoms with Gasteiger partial charge in [0.2, 0.25) is 0 Å². The summed E-state index contributed by atoms with van der Waals surface area (Å²) >= 11 is 0. The average molecular weight is 221 g/mol. The number of aliphatic hydroxyl groups excluding tert-OH is 1. The van der Waals surface area contributed by atoms with Crippen molar-refractivity contribution >= 4 is 5.69 Å². The van der Waals surface area contributed by atoms with Crippen LogP contribution in [0.4, 0.5) is 5.69 Å². The van der Waals surface area contributed by atoms with Crippen LogP contribution < -0.4 is 5.32 Å². The molecule has 0 aliphatic heterocycles. The van der Waals surface area contributed by atoms with Crippen molar-refractivity contribution in [2.75, 3.05) is 5.32 Å². The lowest BCUT2D eigenvalue weighted by atomic mass is 10.0. The third-order valence-electron chi connectivity index (χ3n) is 2.70. The minimum absolute atomic E-state index is 0.107. The van der Waals surface area contributed by atoms with Crippen molar-refractivity contribution in [3.05, 3.63) is 29.8 Å². The van der Waals surface area contributed by atoms with Gasteiger partial charge in [-0.15, -0.1) is 0 Å². The summed E-state index contributed by atoms with van der Waals surface area (Å²) in [5.41, 5.74) is 2.06. The molecule has 0 fully saturated rings. The fourth-order valence-electron chi connectivity index (χ4n) is 1.70. The van der Waals surface area contributed by atoms with Gasteiger partial charge >= 0.3 is 0 Å². The van der Waals surface area contributed by atoms with Crippen LogP contribution >= 0.6 is 0 Å². The van der Waals surface area contributed by atoms with Gasteiger partial charge in [-0.05, 0) is 43.4 Å². The lowest BCUT2D eigenvalue weighted by Gasteiger charge is -2.16. The number of rotatable bonds is 6. The molecular weight excluding hydrogens is 198 g/mol. The van der Waals surface area contributed by atoms with Crippen LogP contribution in [0.2, 0.25) is 0 Å². The van der Waals surface area contributed by atoms with E-state index in [9.17, 15) is 0 Å². The summed E-state index contributed by atoms with van der Waals surface area (Å²) in [4.78, 5) is 0. The second-order valence-corrected chi connectivity index (χ2v) is 4.88. The van der Waals surface area contributed by atoms with Gasteiger partial charge in [0.05, 0.1) is 6.61 Å². The number of anilines is 1. The molecule has 16 heavy (non-hydrogen) atoms. The Kier molecular flexibility index (Phi) is 5.33. The van der Waals surface area contributed by atoms with E-state index in [4.69, 9.17) is 5.11 Å². The molecule has 0 aliphatic carbocycles. The van der Waals surface area contributed by atoms with E-state index in [1.54, 1.807) is 0 Å². The molecule has 1 unspecified atom stereocenters. The summed E-state index contributed by atoms with van der Waals surface area (Å²) in [6, 6.07) is 8.44. The van der Waals surface area contributed by atoms with Crippen molar-refractivity contribution in [1.29, 1.82) is 0 Å². The minimum Gasteiger partial charge on any atom is -0.392 e. The normalized spacial score (nSPS) is 12.8. The second-order valence-electron chi connectivity index (χ2n) is 4.88. The molecule has 0 bridgehead atoms. The largest absolute Gasteiger partial charge is 0.392 e. The first kappa shape index (κ1) is 13.0. The first-order chi connectivity index (χ1) is 7.61. The molecule has 0 saturated heterocycles. The highest BCUT2D eigenvalue weighted by atomic mass is 16.3. The van der Waals surface area contributed by atoms with Crippen molar-refractivity contribution in [3.8, 4) is 0 Å². The lowest BCUT2D eigenvalue weighted by molar-refractivity contribution is 0.282. The summed E-state index contributed by atoms with van der Waals surface area (Å²) in [5, 5.41) is 12.5. The van der Waals surface area contributed by atoms with Crippen molar-refractivity contribution in [3.63, 3.8) is 0 Å². The van der Waals surface area contributed by atoms with Crippen LogP contribution in [0, 0.1) is 5.92 Å². The van der Waals surface area contributed by atoms with Crippen LogP contribution in [0.5, 0.6) is 0 Å². The standard InChI is InChI=1S/C14H23NO/c1-11(2)7-8-12(3)15-14-6-4-5-13(9-14)10-16/h4-6,9,11-12,15-16H,7-8,10H2,1-3H3. The van der Waals surface area contributed by atoms with E-state index in [1.165, 1.54) is 12.8 Å². The molecule has 90 valence electrons. The zero-order valence-electron chi connectivity index (χ0n) is 10.5. The molecule has 0 radical (unpaired) electrons. The number of hydrogen-bond donors (Lipinski definition) is 2. The monoisotopic (exact) mass is 221 g/mol. The predicted molar refractivity (Wildman–Crippen MR) is 69.5 cm³/mol. The van der Waals surface area contributed by atoms with Crippen LogP contribution in [0.1, 0.15) is 39.2 Å². The van der Waals surface area contributed by atoms with E-state index in [0.29, 0.717) is 6.04 Å². The predicted octanol–water partition coefficient (Wildman–Crippen LogP) is 3.42. The van der Waals surface area contributed by atoms with Crippen molar-refractivity contribution in [2.45, 2.75) is 46.3 Å². The summed E-state index contributed by atoms with van der Waals surface area (Å²) in [7, 11) is 0. The average Bonchev–Trinajstić information content (AvgIpc) is 2.26. The van der Waals surface area contributed by atoms with E-state index in [-0.39, 0.29) is 6.61 Å². The quantitative estimate of drug-likeness (QED) is 0.771. The molecule has 2 nitrogen and oxygen atoms in total. The highest BCUT2D eigenvalue weighted by Crippen LogP contribution is 2.14. The molecule has 0 aromatic heterocycles. The number of aliphatic hydroxyl groups is 1. The van der Waals surface area contributed by atoms with Crippen LogP contribution in [0.25, 0.3) is 0 Å². The third kappa shape index (κ3) is 4.67. The Hall–Kier alpha value is -1.02. The zero-order valence-corrected chi connectivity index (χ0v) is 10.5. The molecule has 2 heteroatoms. The first-order valence-corrected chi connectivity index (χ1v) is 6.08. The Morgan fingerprint density at radius 1 is 1.19 bits per heavy atom. The van der Waals surface area contributed by atoms with Crippen molar-refractivity contribution in [2.24, 2.45) is 5.92 Å². The number of hydrogen-bond acceptors (Lipinski definition) is 2. The molecule has 2 N–H and O–H groups in total. The summed E-state index contributed by atoms with van der Waals surface area (Å²) < 4.78 is 0. The maximum absolute atomic E-state index is 9.04. The van der Waals surface area contributed by atoms with E-state index in [1.807, 2.05) is 24.3 Å². The van der Waals surface area contributed by atoms with Gasteiger partial charge < -0.3 is 10.4 Å². The smallest absolute Gasteiger partial charge is 0.0682 e. The fourth-order valence-corrected chi connectivity index (χ4v) is 1.70. The Balaban J connectivity index is 2.45. The van der Waals surface area contributed by atoms with Crippen molar-refractivity contribution in [1.82, 2.24) is 0 Å². The number of nitrogens with one attached hydrogen (secondary N) is 1. The molecular formula is C14H23NO. The Morgan fingerprint density at radius 3 is 2.56 bits per heavy atom. The van der Waals surface area contributed by atoms with Gasteiger partial charge in [0, 0.05) is 11.7 Å². The highest BCUT2D eigenvalue weighted by molar-refractivity contribution is 5.46. The van der Waals surface area contributed by atoms with Gasteiger partial charge in [-0.2, -0.15) is 0 Å². The van der Waals surface area contributed by atoms with Gasteiger partial charge in [0.1, 0.15) is 0 Å². The molecule has 1 aromatic rings. The zero-order chi connectivity index (χ0) is 12.0. The van der Waals surface area contributed by atoms with Gasteiger partial charge in [0.25, 0.3) is 0 Å². The summed E-state index contributed by atoms with van der Waals surface area (Å²) in [6.45, 7) is 6.81. The first-order valence-electron chi connectivity index (χ1n) is 6.08. The molecule has 0 saturated carbocycles. The second kappa shape index (κ2) is 6.54. The molecule has 0 spiro atoms. The van der Waals surface area contributed by atoms with Crippen LogP contribution in [-0.4, -0.2) is 11.1 Å². The lowest BCUT2D eigenvalue weighted by Crippen LogP contribution is -2.15. The Morgan fingerprint density at radius 2 is 1.94 bits per heavy atom. The number of benzene rings is 1. The molecule has 1 atom stereocenters. The molecule has 1 aromatic carbocycles. The van der Waals surface area contributed by atoms with Crippen LogP contribution in [0.15, 0.2) is 24.3 Å². The molecule has 1 rings (SSSR count). The molecule has 0 heterocycles. The SMILES string of the molecule is CC(C)CCC(C)Nc1cccc(CO)c1. The van der Waals surface area contributed by atoms with E-state index in [0.717, 1.165) is 17.2 Å². The van der Waals surface area contributed by atoms with Crippen molar-refractivity contribution < 1.29 is 5.11 Å². The van der Waals surface area contributed by atoms with Gasteiger partial charge in [-0.3, -0.25) is 0 Å². The minimum atomic E-state index is 0.107. The Bertz CT molecular complexity index is 309. The topological polar surface area (TPSA) is 32.3 Å². The highest BCUT2D eigenvalue weighted by Gasteiger charge is 2.03. The van der Waals surface area contributed by atoms with E-state index < -0.39 is 0 Å². The van der Waals surface area contributed by atoms with Gasteiger partial charge in [-0.25, -0.2) is 0 Å². The molecule has 0 aliphatic rings.